The van der Waals surface area contributed by atoms with Gasteiger partial charge < -0.3 is 15.5 Å². The van der Waals surface area contributed by atoms with Crippen molar-refractivity contribution < 1.29 is 9.59 Å². The molecule has 1 fully saturated rings. The molecule has 1 saturated heterocycles. The maximum Gasteiger partial charge on any atom is 0.233 e. The molecule has 1 heterocycles. The molecule has 2 amide bonds. The molecular weight excluding hydrogens is 254 g/mol. The molecule has 106 valence electrons. The molecule has 0 bridgehead atoms. The molecule has 0 aliphatic carbocycles. The van der Waals surface area contributed by atoms with Gasteiger partial charge in [0, 0.05) is 26.1 Å². The van der Waals surface area contributed by atoms with E-state index in [1.807, 2.05) is 4.90 Å². The number of nitrogens with zero attached hydrogens (tertiary/aromatic N) is 1. The molecule has 2 N–H and O–H groups in total. The Labute approximate surface area is 115 Å². The number of amides is 2. The average Bonchev–Trinajstić information content (AvgIpc) is 2.57. The first kappa shape index (κ1) is 17.2. The fourth-order valence-electron chi connectivity index (χ4n) is 2.01. The predicted molar refractivity (Wildman–Crippen MR) is 73.8 cm³/mol. The zero-order valence-electron chi connectivity index (χ0n) is 11.0. The van der Waals surface area contributed by atoms with Crippen LogP contribution in [0.1, 0.15) is 32.1 Å². The van der Waals surface area contributed by atoms with Gasteiger partial charge >= 0.3 is 0 Å². The molecule has 6 heteroatoms. The van der Waals surface area contributed by atoms with Crippen molar-refractivity contribution >= 4 is 24.2 Å². The summed E-state index contributed by atoms with van der Waals surface area (Å²) in [6.45, 7) is 2.50. The average molecular weight is 278 g/mol. The highest BCUT2D eigenvalue weighted by Gasteiger charge is 2.14. The van der Waals surface area contributed by atoms with Crippen molar-refractivity contribution in [1.82, 2.24) is 15.5 Å². The molecular formula is C12H24ClN3O2. The van der Waals surface area contributed by atoms with Crippen molar-refractivity contribution in [2.45, 2.75) is 32.1 Å². The summed E-state index contributed by atoms with van der Waals surface area (Å²) in [5, 5.41) is 5.49. The lowest BCUT2D eigenvalue weighted by molar-refractivity contribution is -0.131. The summed E-state index contributed by atoms with van der Waals surface area (Å²) in [6.07, 6.45) is 5.08. The summed E-state index contributed by atoms with van der Waals surface area (Å²) in [7, 11) is 1.72. The molecule has 1 aliphatic heterocycles. The van der Waals surface area contributed by atoms with Crippen LogP contribution in [-0.2, 0) is 9.59 Å². The van der Waals surface area contributed by atoms with E-state index in [0.717, 1.165) is 25.9 Å². The Bertz CT molecular complexity index is 254. The molecule has 0 aromatic heterocycles. The fourth-order valence-corrected chi connectivity index (χ4v) is 2.01. The van der Waals surface area contributed by atoms with Crippen LogP contribution < -0.4 is 10.6 Å². The topological polar surface area (TPSA) is 61.4 Å². The van der Waals surface area contributed by atoms with Crippen molar-refractivity contribution in [2.24, 2.45) is 0 Å². The normalized spacial score (nSPS) is 15.5. The van der Waals surface area contributed by atoms with Crippen molar-refractivity contribution in [2.75, 3.05) is 33.2 Å². The number of likely N-dealkylation sites (tertiary alicyclic amines) is 1. The number of likely N-dealkylation sites (N-methyl/N-ethyl adjacent to an activating group) is 1. The maximum atomic E-state index is 11.8. The van der Waals surface area contributed by atoms with Crippen LogP contribution in [0.2, 0.25) is 0 Å². The molecule has 0 aromatic rings. The van der Waals surface area contributed by atoms with Gasteiger partial charge in [-0.2, -0.15) is 0 Å². The van der Waals surface area contributed by atoms with Crippen LogP contribution in [0.15, 0.2) is 0 Å². The van der Waals surface area contributed by atoms with Gasteiger partial charge in [-0.3, -0.25) is 9.59 Å². The quantitative estimate of drug-likeness (QED) is 0.771. The molecule has 5 nitrogen and oxygen atoms in total. The van der Waals surface area contributed by atoms with E-state index in [-0.39, 0.29) is 24.2 Å². The van der Waals surface area contributed by atoms with Crippen LogP contribution in [0.4, 0.5) is 0 Å². The minimum absolute atomic E-state index is 0. The molecule has 0 unspecified atom stereocenters. The zero-order chi connectivity index (χ0) is 12.5. The Hall–Kier alpha value is -0.810. The maximum absolute atomic E-state index is 11.8. The highest BCUT2D eigenvalue weighted by molar-refractivity contribution is 5.85. The minimum atomic E-state index is -0.0591. The van der Waals surface area contributed by atoms with E-state index in [0.29, 0.717) is 19.5 Å². The first-order valence-corrected chi connectivity index (χ1v) is 6.43. The number of carbonyl (C=O) groups excluding carboxylic acids is 2. The van der Waals surface area contributed by atoms with Crippen LogP contribution in [0, 0.1) is 0 Å². The SMILES string of the molecule is CNCC(=O)NCCC(=O)N1CCCCCC1.Cl. The van der Waals surface area contributed by atoms with Crippen molar-refractivity contribution in [3.05, 3.63) is 0 Å². The standard InChI is InChI=1S/C12H23N3O2.ClH/c1-13-10-11(16)14-7-6-12(17)15-8-4-2-3-5-9-15;/h13H,2-10H2,1H3,(H,14,16);1H. The van der Waals surface area contributed by atoms with Gasteiger partial charge in [-0.1, -0.05) is 12.8 Å². The van der Waals surface area contributed by atoms with E-state index in [4.69, 9.17) is 0 Å². The van der Waals surface area contributed by atoms with Gasteiger partial charge in [-0.05, 0) is 19.9 Å². The third kappa shape index (κ3) is 6.81. The summed E-state index contributed by atoms with van der Waals surface area (Å²) >= 11 is 0. The first-order valence-electron chi connectivity index (χ1n) is 6.43. The second-order valence-electron chi connectivity index (χ2n) is 4.43. The van der Waals surface area contributed by atoms with Gasteiger partial charge in [0.15, 0.2) is 0 Å². The van der Waals surface area contributed by atoms with Crippen LogP contribution in [0.5, 0.6) is 0 Å². The lowest BCUT2D eigenvalue weighted by Crippen LogP contribution is -2.37. The largest absolute Gasteiger partial charge is 0.354 e. The van der Waals surface area contributed by atoms with E-state index in [1.165, 1.54) is 12.8 Å². The minimum Gasteiger partial charge on any atom is -0.354 e. The molecule has 0 radical (unpaired) electrons. The number of rotatable bonds is 5. The van der Waals surface area contributed by atoms with E-state index in [1.54, 1.807) is 7.05 Å². The zero-order valence-corrected chi connectivity index (χ0v) is 11.9. The number of nitrogens with one attached hydrogen (secondary N) is 2. The summed E-state index contributed by atoms with van der Waals surface area (Å²) in [6, 6.07) is 0. The fraction of sp³-hybridized carbons (Fsp3) is 0.833. The Morgan fingerprint density at radius 1 is 1.11 bits per heavy atom. The second kappa shape index (κ2) is 10.1. The van der Waals surface area contributed by atoms with E-state index in [9.17, 15) is 9.59 Å². The number of carbonyl (C=O) groups is 2. The lowest BCUT2D eigenvalue weighted by Gasteiger charge is -2.20. The summed E-state index contributed by atoms with van der Waals surface area (Å²) in [5.41, 5.74) is 0. The van der Waals surface area contributed by atoms with Crippen molar-refractivity contribution in [3.8, 4) is 0 Å². The molecule has 1 aliphatic rings. The van der Waals surface area contributed by atoms with Crippen LogP contribution in [0.25, 0.3) is 0 Å². The monoisotopic (exact) mass is 277 g/mol. The van der Waals surface area contributed by atoms with E-state index >= 15 is 0 Å². The van der Waals surface area contributed by atoms with Crippen molar-refractivity contribution in [1.29, 1.82) is 0 Å². The Morgan fingerprint density at radius 3 is 2.28 bits per heavy atom. The van der Waals surface area contributed by atoms with Crippen LogP contribution in [-0.4, -0.2) is 49.9 Å². The third-order valence-corrected chi connectivity index (χ3v) is 2.96. The van der Waals surface area contributed by atoms with Gasteiger partial charge in [0.05, 0.1) is 6.54 Å². The van der Waals surface area contributed by atoms with Gasteiger partial charge in [-0.25, -0.2) is 0 Å². The number of halogens is 1. The highest BCUT2D eigenvalue weighted by Crippen LogP contribution is 2.10. The van der Waals surface area contributed by atoms with Gasteiger partial charge in [0.25, 0.3) is 0 Å². The number of hydrogen-bond acceptors (Lipinski definition) is 3. The van der Waals surface area contributed by atoms with Crippen LogP contribution in [0.3, 0.4) is 0 Å². The smallest absolute Gasteiger partial charge is 0.233 e. The summed E-state index contributed by atoms with van der Waals surface area (Å²) < 4.78 is 0. The molecule has 0 saturated carbocycles. The molecule has 0 spiro atoms. The van der Waals surface area contributed by atoms with E-state index in [2.05, 4.69) is 10.6 Å². The predicted octanol–water partition coefficient (Wildman–Crippen LogP) is 0.536. The Morgan fingerprint density at radius 2 is 1.72 bits per heavy atom. The summed E-state index contributed by atoms with van der Waals surface area (Å²) in [4.78, 5) is 24.9. The Balaban J connectivity index is 0.00000289. The summed E-state index contributed by atoms with van der Waals surface area (Å²) in [5.74, 6) is 0.104. The van der Waals surface area contributed by atoms with Gasteiger partial charge in [-0.15, -0.1) is 12.4 Å². The lowest BCUT2D eigenvalue weighted by atomic mass is 10.2. The highest BCUT2D eigenvalue weighted by atomic mass is 35.5. The Kier molecular flexibility index (Phi) is 9.69. The second-order valence-corrected chi connectivity index (χ2v) is 4.43. The molecule has 0 atom stereocenters. The number of hydrogen-bond donors (Lipinski definition) is 2. The molecule has 18 heavy (non-hydrogen) atoms. The van der Waals surface area contributed by atoms with Crippen molar-refractivity contribution in [3.63, 3.8) is 0 Å². The molecule has 0 aromatic carbocycles. The van der Waals surface area contributed by atoms with E-state index < -0.39 is 0 Å². The first-order chi connectivity index (χ1) is 8.24. The van der Waals surface area contributed by atoms with Gasteiger partial charge in [0.1, 0.15) is 0 Å². The van der Waals surface area contributed by atoms with Gasteiger partial charge in [0.2, 0.25) is 11.8 Å². The van der Waals surface area contributed by atoms with Crippen LogP contribution >= 0.6 is 12.4 Å². The third-order valence-electron chi connectivity index (χ3n) is 2.96. The molecule has 1 rings (SSSR count).